The van der Waals surface area contributed by atoms with Crippen molar-refractivity contribution < 1.29 is 0 Å². The second kappa shape index (κ2) is 4.40. The Kier molecular flexibility index (Phi) is 2.82. The fourth-order valence-corrected chi connectivity index (χ4v) is 2.26. The van der Waals surface area contributed by atoms with Gasteiger partial charge in [0.15, 0.2) is 5.82 Å². The van der Waals surface area contributed by atoms with Gasteiger partial charge >= 0.3 is 0 Å². The van der Waals surface area contributed by atoms with Crippen molar-refractivity contribution in [1.29, 1.82) is 0 Å². The fourth-order valence-electron chi connectivity index (χ4n) is 2.26. The molecule has 2 aromatic heterocycles. The van der Waals surface area contributed by atoms with E-state index in [-0.39, 0.29) is 5.41 Å². The molecule has 4 nitrogen and oxygen atoms in total. The molecule has 0 bridgehead atoms. The summed E-state index contributed by atoms with van der Waals surface area (Å²) >= 11 is 0. The van der Waals surface area contributed by atoms with Gasteiger partial charge in [0.05, 0.1) is 28.6 Å². The van der Waals surface area contributed by atoms with Crippen LogP contribution in [0.5, 0.6) is 0 Å². The molecule has 0 saturated carbocycles. The highest BCUT2D eigenvalue weighted by molar-refractivity contribution is 5.74. The maximum atomic E-state index is 4.67. The van der Waals surface area contributed by atoms with Crippen molar-refractivity contribution in [1.82, 2.24) is 19.7 Å². The lowest BCUT2D eigenvalue weighted by atomic mass is 9.92. The highest BCUT2D eigenvalue weighted by Gasteiger charge is 2.21. The predicted molar refractivity (Wildman–Crippen MR) is 80.1 cm³/mol. The summed E-state index contributed by atoms with van der Waals surface area (Å²) in [4.78, 5) is 9.14. The van der Waals surface area contributed by atoms with Crippen LogP contribution in [-0.4, -0.2) is 19.7 Å². The molecule has 0 N–H and O–H groups in total. The molecule has 102 valence electrons. The molecule has 4 heteroatoms. The van der Waals surface area contributed by atoms with E-state index in [0.29, 0.717) is 0 Å². The molecule has 3 aromatic rings. The highest BCUT2D eigenvalue weighted by Crippen LogP contribution is 2.25. The standard InChI is InChI=1S/C16H18N4/c1-11-9-14(16(2,3)4)20(19-11)15-10-17-12-7-5-6-8-13(12)18-15/h5-10H,1-4H3. The first-order valence-corrected chi connectivity index (χ1v) is 6.74. The minimum atomic E-state index is 0.00852. The smallest absolute Gasteiger partial charge is 0.172 e. The minimum absolute atomic E-state index is 0.00852. The van der Waals surface area contributed by atoms with Gasteiger partial charge in [0, 0.05) is 5.41 Å². The maximum absolute atomic E-state index is 4.67. The van der Waals surface area contributed by atoms with Gasteiger partial charge in [-0.3, -0.25) is 4.98 Å². The molecule has 0 saturated heterocycles. The second-order valence-electron chi connectivity index (χ2n) is 6.05. The van der Waals surface area contributed by atoms with Crippen LogP contribution in [0, 0.1) is 6.92 Å². The van der Waals surface area contributed by atoms with Crippen LogP contribution < -0.4 is 0 Å². The Morgan fingerprint density at radius 2 is 1.75 bits per heavy atom. The molecule has 3 rings (SSSR count). The van der Waals surface area contributed by atoms with Crippen molar-refractivity contribution in [2.24, 2.45) is 0 Å². The van der Waals surface area contributed by atoms with E-state index in [1.807, 2.05) is 35.9 Å². The number of aryl methyl sites for hydroxylation is 1. The first-order valence-electron chi connectivity index (χ1n) is 6.74. The van der Waals surface area contributed by atoms with Gasteiger partial charge in [-0.05, 0) is 25.1 Å². The number of aromatic nitrogens is 4. The Morgan fingerprint density at radius 3 is 2.45 bits per heavy atom. The number of para-hydroxylation sites is 2. The molecule has 0 spiro atoms. The maximum Gasteiger partial charge on any atom is 0.172 e. The largest absolute Gasteiger partial charge is 0.251 e. The Balaban J connectivity index is 2.20. The zero-order valence-electron chi connectivity index (χ0n) is 12.3. The molecule has 0 aliphatic carbocycles. The first-order chi connectivity index (χ1) is 9.45. The van der Waals surface area contributed by atoms with E-state index in [1.165, 1.54) is 0 Å². The quantitative estimate of drug-likeness (QED) is 0.678. The van der Waals surface area contributed by atoms with Crippen molar-refractivity contribution in [3.05, 3.63) is 47.9 Å². The summed E-state index contributed by atoms with van der Waals surface area (Å²) in [5.74, 6) is 0.765. The van der Waals surface area contributed by atoms with Crippen LogP contribution in [0.15, 0.2) is 36.5 Å². The summed E-state index contributed by atoms with van der Waals surface area (Å²) in [6.07, 6.45) is 1.78. The van der Waals surface area contributed by atoms with Crippen molar-refractivity contribution >= 4 is 11.0 Å². The van der Waals surface area contributed by atoms with E-state index in [4.69, 9.17) is 0 Å². The number of benzene rings is 1. The second-order valence-corrected chi connectivity index (χ2v) is 6.05. The van der Waals surface area contributed by atoms with E-state index < -0.39 is 0 Å². The van der Waals surface area contributed by atoms with Crippen molar-refractivity contribution in [2.45, 2.75) is 33.1 Å². The van der Waals surface area contributed by atoms with Crippen LogP contribution in [0.25, 0.3) is 16.9 Å². The normalized spacial score (nSPS) is 12.0. The van der Waals surface area contributed by atoms with E-state index in [2.05, 4.69) is 41.9 Å². The van der Waals surface area contributed by atoms with E-state index in [9.17, 15) is 0 Å². The Hall–Kier alpha value is -2.23. The third kappa shape index (κ3) is 2.18. The molecule has 0 radical (unpaired) electrons. The average molecular weight is 266 g/mol. The summed E-state index contributed by atoms with van der Waals surface area (Å²) in [6.45, 7) is 8.53. The van der Waals surface area contributed by atoms with Gasteiger partial charge < -0.3 is 0 Å². The van der Waals surface area contributed by atoms with Gasteiger partial charge in [-0.15, -0.1) is 0 Å². The minimum Gasteiger partial charge on any atom is -0.251 e. The molecule has 0 fully saturated rings. The molecule has 0 aliphatic heterocycles. The zero-order chi connectivity index (χ0) is 14.3. The van der Waals surface area contributed by atoms with E-state index >= 15 is 0 Å². The van der Waals surface area contributed by atoms with Crippen molar-refractivity contribution in [3.8, 4) is 5.82 Å². The molecule has 1 aromatic carbocycles. The number of nitrogens with zero attached hydrogens (tertiary/aromatic N) is 4. The number of hydrogen-bond donors (Lipinski definition) is 0. The highest BCUT2D eigenvalue weighted by atomic mass is 15.3. The van der Waals surface area contributed by atoms with Crippen molar-refractivity contribution in [3.63, 3.8) is 0 Å². The molecule has 0 atom stereocenters. The molecule has 0 amide bonds. The molecule has 20 heavy (non-hydrogen) atoms. The molecule has 2 heterocycles. The summed E-state index contributed by atoms with van der Waals surface area (Å²) in [5.41, 5.74) is 3.93. The lowest BCUT2D eigenvalue weighted by Crippen LogP contribution is -2.18. The summed E-state index contributed by atoms with van der Waals surface area (Å²) in [7, 11) is 0. The topological polar surface area (TPSA) is 43.6 Å². The molecule has 0 unspecified atom stereocenters. The van der Waals surface area contributed by atoms with Gasteiger partial charge in [-0.25, -0.2) is 9.67 Å². The van der Waals surface area contributed by atoms with Gasteiger partial charge in [0.1, 0.15) is 0 Å². The number of hydrogen-bond acceptors (Lipinski definition) is 3. The fraction of sp³-hybridized carbons (Fsp3) is 0.312. The monoisotopic (exact) mass is 266 g/mol. The summed E-state index contributed by atoms with van der Waals surface area (Å²) in [5, 5.41) is 4.57. The first kappa shape index (κ1) is 12.8. The SMILES string of the molecule is Cc1cc(C(C)(C)C)n(-c2cnc3ccccc3n2)n1. The lowest BCUT2D eigenvalue weighted by molar-refractivity contribution is 0.541. The predicted octanol–water partition coefficient (Wildman–Crippen LogP) is 3.42. The van der Waals surface area contributed by atoms with Gasteiger partial charge in [-0.1, -0.05) is 32.9 Å². The van der Waals surface area contributed by atoms with Crippen LogP contribution in [0.2, 0.25) is 0 Å². The number of rotatable bonds is 1. The van der Waals surface area contributed by atoms with Crippen LogP contribution in [0.3, 0.4) is 0 Å². The van der Waals surface area contributed by atoms with Crippen LogP contribution in [-0.2, 0) is 5.41 Å². The van der Waals surface area contributed by atoms with Crippen molar-refractivity contribution in [2.75, 3.05) is 0 Å². The third-order valence-corrected chi connectivity index (χ3v) is 3.25. The number of fused-ring (bicyclic) bond motifs is 1. The average Bonchev–Trinajstić information content (AvgIpc) is 2.80. The van der Waals surface area contributed by atoms with Gasteiger partial charge in [-0.2, -0.15) is 5.10 Å². The Bertz CT molecular complexity index is 765. The summed E-state index contributed by atoms with van der Waals surface area (Å²) in [6, 6.07) is 9.98. The summed E-state index contributed by atoms with van der Waals surface area (Å²) < 4.78 is 1.90. The van der Waals surface area contributed by atoms with Gasteiger partial charge in [0.2, 0.25) is 0 Å². The lowest BCUT2D eigenvalue weighted by Gasteiger charge is -2.19. The Morgan fingerprint density at radius 1 is 1.05 bits per heavy atom. The van der Waals surface area contributed by atoms with Gasteiger partial charge in [0.25, 0.3) is 0 Å². The van der Waals surface area contributed by atoms with E-state index in [1.54, 1.807) is 6.20 Å². The molecular formula is C16H18N4. The van der Waals surface area contributed by atoms with Crippen LogP contribution in [0.4, 0.5) is 0 Å². The van der Waals surface area contributed by atoms with E-state index in [0.717, 1.165) is 28.2 Å². The zero-order valence-corrected chi connectivity index (χ0v) is 12.3. The van der Waals surface area contributed by atoms with Crippen LogP contribution in [0.1, 0.15) is 32.2 Å². The third-order valence-electron chi connectivity index (χ3n) is 3.25. The Labute approximate surface area is 118 Å². The molecular weight excluding hydrogens is 248 g/mol. The molecule has 0 aliphatic rings. The van der Waals surface area contributed by atoms with Crippen LogP contribution >= 0.6 is 0 Å².